The van der Waals surface area contributed by atoms with Gasteiger partial charge in [0.25, 0.3) is 0 Å². The molecule has 0 radical (unpaired) electrons. The smallest absolute Gasteiger partial charge is 0.209 e. The predicted octanol–water partition coefficient (Wildman–Crippen LogP) is 2.48. The highest BCUT2D eigenvalue weighted by molar-refractivity contribution is 5.61. The summed E-state index contributed by atoms with van der Waals surface area (Å²) in [5.74, 6) is -0.241. The van der Waals surface area contributed by atoms with Crippen LogP contribution in [0.5, 0.6) is 0 Å². The maximum absolute atomic E-state index is 12.9. The number of hydrogen-bond donors (Lipinski definition) is 0. The number of carbonyl (C=O) groups is 1. The molecule has 0 N–H and O–H groups in total. The zero-order chi connectivity index (χ0) is 13.9. The average Bonchev–Trinajstić information content (AvgIpc) is 2.98. The molecule has 1 fully saturated rings. The minimum atomic E-state index is -0.241. The molecule has 1 aromatic carbocycles. The number of nitrogens with zero attached hydrogens (tertiary/aromatic N) is 3. The molecule has 104 valence electrons. The van der Waals surface area contributed by atoms with Crippen molar-refractivity contribution in [3.05, 3.63) is 42.5 Å². The Morgan fingerprint density at radius 3 is 2.80 bits per heavy atom. The number of rotatable bonds is 3. The summed E-state index contributed by atoms with van der Waals surface area (Å²) in [4.78, 5) is 12.6. The van der Waals surface area contributed by atoms with Crippen LogP contribution in [0, 0.1) is 5.82 Å². The number of benzene rings is 1. The van der Waals surface area contributed by atoms with Crippen LogP contribution in [0.15, 0.2) is 36.7 Å². The first-order valence-corrected chi connectivity index (χ1v) is 6.76. The SMILES string of the molecule is O=CN1CCCC(n2cc(-c3ccc(F)cc3)cn2)C1. The maximum atomic E-state index is 12.9. The van der Waals surface area contributed by atoms with Crippen LogP contribution in [0.25, 0.3) is 11.1 Å². The van der Waals surface area contributed by atoms with Gasteiger partial charge in [0, 0.05) is 24.8 Å². The second-order valence-electron chi connectivity index (χ2n) is 5.11. The van der Waals surface area contributed by atoms with Crippen molar-refractivity contribution in [2.24, 2.45) is 0 Å². The molecular weight excluding hydrogens is 257 g/mol. The number of aromatic nitrogens is 2. The topological polar surface area (TPSA) is 38.1 Å². The first kappa shape index (κ1) is 12.8. The Hall–Kier alpha value is -2.17. The zero-order valence-corrected chi connectivity index (χ0v) is 11.1. The molecule has 4 nitrogen and oxygen atoms in total. The van der Waals surface area contributed by atoms with Crippen molar-refractivity contribution in [1.29, 1.82) is 0 Å². The lowest BCUT2D eigenvalue weighted by Crippen LogP contribution is -2.35. The molecule has 1 unspecified atom stereocenters. The molecule has 1 saturated heterocycles. The molecule has 1 amide bonds. The molecule has 0 spiro atoms. The molecular formula is C15H16FN3O. The first-order chi connectivity index (χ1) is 9.76. The van der Waals surface area contributed by atoms with Gasteiger partial charge in [-0.3, -0.25) is 9.48 Å². The molecule has 1 atom stereocenters. The lowest BCUT2D eigenvalue weighted by Gasteiger charge is -2.29. The van der Waals surface area contributed by atoms with E-state index in [2.05, 4.69) is 5.10 Å². The van der Waals surface area contributed by atoms with Crippen molar-refractivity contribution < 1.29 is 9.18 Å². The quantitative estimate of drug-likeness (QED) is 0.806. The van der Waals surface area contributed by atoms with E-state index in [0.717, 1.165) is 36.9 Å². The summed E-state index contributed by atoms with van der Waals surface area (Å²) in [7, 11) is 0. The van der Waals surface area contributed by atoms with Crippen molar-refractivity contribution in [3.8, 4) is 11.1 Å². The van der Waals surface area contributed by atoms with Crippen molar-refractivity contribution in [3.63, 3.8) is 0 Å². The normalized spacial score (nSPS) is 19.1. The van der Waals surface area contributed by atoms with Gasteiger partial charge in [-0.25, -0.2) is 4.39 Å². The van der Waals surface area contributed by atoms with E-state index in [-0.39, 0.29) is 11.9 Å². The summed E-state index contributed by atoms with van der Waals surface area (Å²) in [5.41, 5.74) is 1.91. The first-order valence-electron chi connectivity index (χ1n) is 6.76. The molecule has 1 aliphatic rings. The minimum absolute atomic E-state index is 0.225. The van der Waals surface area contributed by atoms with E-state index in [1.807, 2.05) is 10.9 Å². The monoisotopic (exact) mass is 273 g/mol. The number of hydrogen-bond acceptors (Lipinski definition) is 2. The third-order valence-corrected chi connectivity index (χ3v) is 3.73. The van der Waals surface area contributed by atoms with Crippen LogP contribution in [-0.4, -0.2) is 34.2 Å². The van der Waals surface area contributed by atoms with Crippen LogP contribution in [0.4, 0.5) is 4.39 Å². The molecule has 3 rings (SSSR count). The van der Waals surface area contributed by atoms with Gasteiger partial charge >= 0.3 is 0 Å². The molecule has 2 aromatic rings. The van der Waals surface area contributed by atoms with Crippen LogP contribution in [0.3, 0.4) is 0 Å². The molecule has 1 aromatic heterocycles. The molecule has 0 bridgehead atoms. The summed E-state index contributed by atoms with van der Waals surface area (Å²) in [6, 6.07) is 6.61. The Morgan fingerprint density at radius 2 is 2.05 bits per heavy atom. The van der Waals surface area contributed by atoms with Gasteiger partial charge in [0.15, 0.2) is 0 Å². The highest BCUT2D eigenvalue weighted by Gasteiger charge is 2.20. The molecule has 0 aliphatic carbocycles. The van der Waals surface area contributed by atoms with Crippen molar-refractivity contribution in [1.82, 2.24) is 14.7 Å². The van der Waals surface area contributed by atoms with Crippen molar-refractivity contribution >= 4 is 6.41 Å². The van der Waals surface area contributed by atoms with Gasteiger partial charge in [-0.1, -0.05) is 12.1 Å². The van der Waals surface area contributed by atoms with Crippen LogP contribution < -0.4 is 0 Å². The Labute approximate surface area is 116 Å². The molecule has 0 saturated carbocycles. The van der Waals surface area contributed by atoms with Gasteiger partial charge < -0.3 is 4.90 Å². The van der Waals surface area contributed by atoms with Crippen LogP contribution in [0.1, 0.15) is 18.9 Å². The highest BCUT2D eigenvalue weighted by atomic mass is 19.1. The Balaban J connectivity index is 1.79. The van der Waals surface area contributed by atoms with E-state index in [1.54, 1.807) is 23.2 Å². The van der Waals surface area contributed by atoms with Gasteiger partial charge in [-0.05, 0) is 30.5 Å². The fourth-order valence-electron chi connectivity index (χ4n) is 2.62. The number of likely N-dealkylation sites (tertiary alicyclic amines) is 1. The second-order valence-corrected chi connectivity index (χ2v) is 5.11. The van der Waals surface area contributed by atoms with Crippen LogP contribution in [-0.2, 0) is 4.79 Å². The maximum Gasteiger partial charge on any atom is 0.209 e. The van der Waals surface area contributed by atoms with E-state index >= 15 is 0 Å². The molecule has 1 aliphatic heterocycles. The minimum Gasteiger partial charge on any atom is -0.343 e. The number of piperidine rings is 1. The van der Waals surface area contributed by atoms with Gasteiger partial charge in [0.2, 0.25) is 6.41 Å². The summed E-state index contributed by atoms with van der Waals surface area (Å²) in [6.45, 7) is 1.53. The number of carbonyl (C=O) groups excluding carboxylic acids is 1. The largest absolute Gasteiger partial charge is 0.343 e. The Morgan fingerprint density at radius 1 is 1.25 bits per heavy atom. The zero-order valence-electron chi connectivity index (χ0n) is 11.1. The van der Waals surface area contributed by atoms with Crippen molar-refractivity contribution in [2.75, 3.05) is 13.1 Å². The van der Waals surface area contributed by atoms with Gasteiger partial charge in [-0.2, -0.15) is 5.10 Å². The van der Waals surface area contributed by atoms with E-state index in [4.69, 9.17) is 0 Å². The van der Waals surface area contributed by atoms with Crippen LogP contribution >= 0.6 is 0 Å². The molecule has 20 heavy (non-hydrogen) atoms. The van der Waals surface area contributed by atoms with E-state index < -0.39 is 0 Å². The van der Waals surface area contributed by atoms with E-state index in [9.17, 15) is 9.18 Å². The Bertz CT molecular complexity index is 593. The lowest BCUT2D eigenvalue weighted by molar-refractivity contribution is -0.119. The predicted molar refractivity (Wildman–Crippen MR) is 73.5 cm³/mol. The summed E-state index contributed by atoms with van der Waals surface area (Å²) in [6.07, 6.45) is 6.67. The standard InChI is InChI=1S/C15H16FN3O/c16-14-5-3-12(4-6-14)13-8-17-19(9-13)15-2-1-7-18(10-15)11-20/h3-6,8-9,11,15H,1-2,7,10H2. The highest BCUT2D eigenvalue weighted by Crippen LogP contribution is 2.24. The van der Waals surface area contributed by atoms with Gasteiger partial charge in [0.05, 0.1) is 12.2 Å². The summed E-state index contributed by atoms with van der Waals surface area (Å²) < 4.78 is 14.8. The average molecular weight is 273 g/mol. The fourth-order valence-corrected chi connectivity index (χ4v) is 2.62. The van der Waals surface area contributed by atoms with E-state index in [1.165, 1.54) is 12.1 Å². The lowest BCUT2D eigenvalue weighted by atomic mass is 10.1. The number of amides is 1. The third kappa shape index (κ3) is 2.57. The summed E-state index contributed by atoms with van der Waals surface area (Å²) >= 11 is 0. The van der Waals surface area contributed by atoms with Gasteiger partial charge in [0.1, 0.15) is 5.82 Å². The van der Waals surface area contributed by atoms with Crippen molar-refractivity contribution in [2.45, 2.75) is 18.9 Å². The van der Waals surface area contributed by atoms with E-state index in [0.29, 0.717) is 6.54 Å². The third-order valence-electron chi connectivity index (χ3n) is 3.73. The fraction of sp³-hybridized carbons (Fsp3) is 0.333. The Kier molecular flexibility index (Phi) is 3.50. The number of halogens is 1. The molecule has 5 heteroatoms. The van der Waals surface area contributed by atoms with Crippen LogP contribution in [0.2, 0.25) is 0 Å². The second kappa shape index (κ2) is 5.45. The van der Waals surface area contributed by atoms with Gasteiger partial charge in [-0.15, -0.1) is 0 Å². The summed E-state index contributed by atoms with van der Waals surface area (Å²) in [5, 5.41) is 4.39. The molecule has 2 heterocycles.